The summed E-state index contributed by atoms with van der Waals surface area (Å²) in [5.74, 6) is -0.781. The van der Waals surface area contributed by atoms with Gasteiger partial charge in [0.25, 0.3) is 0 Å². The lowest BCUT2D eigenvalue weighted by Gasteiger charge is -2.21. The van der Waals surface area contributed by atoms with Gasteiger partial charge in [0.1, 0.15) is 23.9 Å². The molecule has 1 aliphatic rings. The van der Waals surface area contributed by atoms with Crippen LogP contribution in [0.2, 0.25) is 0 Å². The van der Waals surface area contributed by atoms with Crippen LogP contribution >= 0.6 is 0 Å². The lowest BCUT2D eigenvalue weighted by molar-refractivity contribution is -0.156. The number of amides is 1. The van der Waals surface area contributed by atoms with Gasteiger partial charge in [0.2, 0.25) is 0 Å². The Hall–Kier alpha value is -1.38. The highest BCUT2D eigenvalue weighted by atomic mass is 16.6. The maximum atomic E-state index is 11.5. The molecule has 0 spiro atoms. The van der Waals surface area contributed by atoms with E-state index in [-0.39, 0.29) is 6.54 Å². The molecule has 0 saturated carbocycles. The number of alkyl carbamates (subject to hydrolysis) is 1. The first kappa shape index (κ1) is 16.7. The van der Waals surface area contributed by atoms with Crippen LogP contribution in [0.25, 0.3) is 0 Å². The van der Waals surface area contributed by atoms with E-state index < -0.39 is 42.1 Å². The molecule has 0 radical (unpaired) electrons. The predicted molar refractivity (Wildman–Crippen MR) is 66.9 cm³/mol. The van der Waals surface area contributed by atoms with Crippen molar-refractivity contribution in [2.24, 2.45) is 0 Å². The van der Waals surface area contributed by atoms with Crippen molar-refractivity contribution in [1.82, 2.24) is 5.32 Å². The zero-order valence-corrected chi connectivity index (χ0v) is 12.0. The maximum Gasteiger partial charge on any atom is 0.407 e. The van der Waals surface area contributed by atoms with Crippen LogP contribution < -0.4 is 5.32 Å². The summed E-state index contributed by atoms with van der Waals surface area (Å²) in [6.45, 7) is 5.04. The minimum Gasteiger partial charge on any atom is -0.467 e. The number of carbonyl (C=O) groups is 2. The maximum absolute atomic E-state index is 11.5. The van der Waals surface area contributed by atoms with Gasteiger partial charge in [-0.15, -0.1) is 0 Å². The smallest absolute Gasteiger partial charge is 0.407 e. The highest BCUT2D eigenvalue weighted by Gasteiger charge is 2.47. The Kier molecular flexibility index (Phi) is 5.32. The molecule has 20 heavy (non-hydrogen) atoms. The number of hydrogen-bond donors (Lipinski definition) is 3. The van der Waals surface area contributed by atoms with E-state index in [2.05, 4.69) is 10.1 Å². The lowest BCUT2D eigenvalue weighted by Crippen LogP contribution is -2.41. The number of esters is 1. The summed E-state index contributed by atoms with van der Waals surface area (Å²) >= 11 is 0. The van der Waals surface area contributed by atoms with Crippen molar-refractivity contribution in [1.29, 1.82) is 0 Å². The Balaban J connectivity index is 2.49. The average Bonchev–Trinajstić information content (AvgIpc) is 2.61. The molecule has 1 fully saturated rings. The Morgan fingerprint density at radius 1 is 1.25 bits per heavy atom. The minimum atomic E-state index is -1.40. The summed E-state index contributed by atoms with van der Waals surface area (Å²) in [6.07, 6.45) is -5.55. The van der Waals surface area contributed by atoms with Crippen molar-refractivity contribution < 1.29 is 34.0 Å². The van der Waals surface area contributed by atoms with E-state index in [1.165, 1.54) is 0 Å². The second kappa shape index (κ2) is 6.38. The van der Waals surface area contributed by atoms with Gasteiger partial charge < -0.3 is 29.7 Å². The van der Waals surface area contributed by atoms with Crippen LogP contribution in [-0.2, 0) is 19.0 Å². The molecule has 0 bridgehead atoms. The molecule has 1 amide bonds. The van der Waals surface area contributed by atoms with E-state index >= 15 is 0 Å². The van der Waals surface area contributed by atoms with Gasteiger partial charge in [-0.05, 0) is 20.8 Å². The number of aliphatic hydroxyl groups is 2. The van der Waals surface area contributed by atoms with Gasteiger partial charge in [0.05, 0.1) is 7.11 Å². The molecule has 1 rings (SSSR count). The van der Waals surface area contributed by atoms with Crippen molar-refractivity contribution in [2.75, 3.05) is 13.7 Å². The molecule has 1 saturated heterocycles. The standard InChI is InChI=1S/C12H21NO7/c1-12(2,3)20-11(17)13-5-6-7(14)8(15)9(19-6)10(16)18-4/h6-9,14-15H,5H2,1-4H3,(H,13,17)/t6-,7+,8-,9-/m0/s1. The average molecular weight is 291 g/mol. The van der Waals surface area contributed by atoms with Crippen LogP contribution in [0, 0.1) is 0 Å². The van der Waals surface area contributed by atoms with Crippen molar-refractivity contribution in [3.05, 3.63) is 0 Å². The summed E-state index contributed by atoms with van der Waals surface area (Å²) in [6, 6.07) is 0. The topological polar surface area (TPSA) is 114 Å². The molecular weight excluding hydrogens is 270 g/mol. The van der Waals surface area contributed by atoms with Gasteiger partial charge in [-0.2, -0.15) is 0 Å². The number of hydrogen-bond acceptors (Lipinski definition) is 7. The predicted octanol–water partition coefficient (Wildman–Crippen LogP) is -0.827. The molecule has 1 aliphatic heterocycles. The monoisotopic (exact) mass is 291 g/mol. The molecule has 0 aromatic rings. The Morgan fingerprint density at radius 3 is 2.35 bits per heavy atom. The van der Waals surface area contributed by atoms with Crippen molar-refractivity contribution in [2.45, 2.75) is 50.8 Å². The van der Waals surface area contributed by atoms with Gasteiger partial charge in [0.15, 0.2) is 6.10 Å². The highest BCUT2D eigenvalue weighted by molar-refractivity contribution is 5.76. The van der Waals surface area contributed by atoms with Crippen LogP contribution in [0.3, 0.4) is 0 Å². The molecule has 0 aromatic carbocycles. The lowest BCUT2D eigenvalue weighted by atomic mass is 10.1. The van der Waals surface area contributed by atoms with Gasteiger partial charge >= 0.3 is 12.1 Å². The first-order valence-electron chi connectivity index (χ1n) is 6.22. The molecule has 3 N–H and O–H groups in total. The van der Waals surface area contributed by atoms with Crippen LogP contribution in [0.4, 0.5) is 4.79 Å². The van der Waals surface area contributed by atoms with E-state index in [9.17, 15) is 19.8 Å². The van der Waals surface area contributed by atoms with E-state index in [1.807, 2.05) is 0 Å². The Bertz CT molecular complexity index is 365. The molecule has 0 aliphatic carbocycles. The van der Waals surface area contributed by atoms with Gasteiger partial charge in [-0.3, -0.25) is 0 Å². The van der Waals surface area contributed by atoms with E-state index in [4.69, 9.17) is 9.47 Å². The quantitative estimate of drug-likeness (QED) is 0.582. The zero-order chi connectivity index (χ0) is 15.5. The molecule has 4 atom stereocenters. The normalized spacial score (nSPS) is 29.9. The minimum absolute atomic E-state index is 0.0966. The third kappa shape index (κ3) is 4.32. The second-order valence-corrected chi connectivity index (χ2v) is 5.48. The molecule has 116 valence electrons. The third-order valence-electron chi connectivity index (χ3n) is 2.64. The van der Waals surface area contributed by atoms with Crippen LogP contribution in [0.1, 0.15) is 20.8 Å². The van der Waals surface area contributed by atoms with Gasteiger partial charge in [0, 0.05) is 6.54 Å². The van der Waals surface area contributed by atoms with Crippen LogP contribution in [0.15, 0.2) is 0 Å². The Labute approximate surface area is 117 Å². The summed E-state index contributed by atoms with van der Waals surface area (Å²) in [5, 5.41) is 21.8. The fourth-order valence-corrected chi connectivity index (χ4v) is 1.73. The number of carbonyl (C=O) groups excluding carboxylic acids is 2. The number of ether oxygens (including phenoxy) is 3. The number of methoxy groups -OCH3 is 1. The number of aliphatic hydroxyl groups excluding tert-OH is 2. The van der Waals surface area contributed by atoms with Crippen molar-refractivity contribution in [3.8, 4) is 0 Å². The number of rotatable bonds is 3. The van der Waals surface area contributed by atoms with E-state index in [0.717, 1.165) is 7.11 Å². The summed E-state index contributed by atoms with van der Waals surface area (Å²) in [5.41, 5.74) is -0.646. The number of nitrogens with one attached hydrogen (secondary N) is 1. The second-order valence-electron chi connectivity index (χ2n) is 5.48. The Morgan fingerprint density at radius 2 is 1.85 bits per heavy atom. The molecule has 1 heterocycles. The summed E-state index contributed by atoms with van der Waals surface area (Å²) in [7, 11) is 1.15. The fraction of sp³-hybridized carbons (Fsp3) is 0.833. The summed E-state index contributed by atoms with van der Waals surface area (Å²) < 4.78 is 14.6. The SMILES string of the molecule is COC(=O)[C@H]1O[C@@H](CNC(=O)OC(C)(C)C)[C@@H](O)[C@@H]1O. The fourth-order valence-electron chi connectivity index (χ4n) is 1.73. The molecular formula is C12H21NO7. The molecule has 8 heteroatoms. The molecule has 8 nitrogen and oxygen atoms in total. The van der Waals surface area contributed by atoms with Crippen LogP contribution in [-0.4, -0.2) is 65.9 Å². The van der Waals surface area contributed by atoms with Gasteiger partial charge in [-0.1, -0.05) is 0 Å². The highest BCUT2D eigenvalue weighted by Crippen LogP contribution is 2.22. The van der Waals surface area contributed by atoms with Gasteiger partial charge in [-0.25, -0.2) is 9.59 Å². The summed E-state index contributed by atoms with van der Waals surface area (Å²) in [4.78, 5) is 22.8. The van der Waals surface area contributed by atoms with E-state index in [0.29, 0.717) is 0 Å². The largest absolute Gasteiger partial charge is 0.467 e. The van der Waals surface area contributed by atoms with Crippen molar-refractivity contribution in [3.63, 3.8) is 0 Å². The molecule has 0 aromatic heterocycles. The van der Waals surface area contributed by atoms with Crippen LogP contribution in [0.5, 0.6) is 0 Å². The first-order valence-corrected chi connectivity index (χ1v) is 6.22. The van der Waals surface area contributed by atoms with E-state index in [1.54, 1.807) is 20.8 Å². The van der Waals surface area contributed by atoms with Crippen molar-refractivity contribution >= 4 is 12.1 Å². The first-order chi connectivity index (χ1) is 9.15. The molecule has 0 unspecified atom stereocenters. The third-order valence-corrected chi connectivity index (χ3v) is 2.64. The zero-order valence-electron chi connectivity index (χ0n) is 12.0.